The number of nitrogens with one attached hydrogen (secondary N) is 1. The second-order valence-electron chi connectivity index (χ2n) is 5.28. The molecular weight excluding hydrogens is 234 g/mol. The lowest BCUT2D eigenvalue weighted by atomic mass is 9.88. The van der Waals surface area contributed by atoms with E-state index < -0.39 is 0 Å². The van der Waals surface area contributed by atoms with Crippen LogP contribution in [-0.4, -0.2) is 5.91 Å². The van der Waals surface area contributed by atoms with Gasteiger partial charge in [0.15, 0.2) is 0 Å². The number of carbonyl (C=O) groups is 1. The van der Waals surface area contributed by atoms with E-state index in [-0.39, 0.29) is 11.8 Å². The number of carbonyl (C=O) groups excluding carboxylic acids is 1. The lowest BCUT2D eigenvalue weighted by Gasteiger charge is -2.20. The zero-order valence-electron chi connectivity index (χ0n) is 9.66. The van der Waals surface area contributed by atoms with Gasteiger partial charge in [0.05, 0.1) is 0 Å². The van der Waals surface area contributed by atoms with E-state index in [1.165, 1.54) is 19.3 Å². The smallest absolute Gasteiger partial charge is 0.227 e. The lowest BCUT2D eigenvalue weighted by Crippen LogP contribution is -2.27. The van der Waals surface area contributed by atoms with Crippen molar-refractivity contribution in [1.29, 1.82) is 0 Å². The Labute approximate surface area is 106 Å². The molecule has 0 radical (unpaired) electrons. The molecule has 1 N–H and O–H groups in total. The van der Waals surface area contributed by atoms with E-state index in [0.29, 0.717) is 10.9 Å². The first kappa shape index (κ1) is 11.1. The summed E-state index contributed by atoms with van der Waals surface area (Å²) in [5.74, 6) is 1.87. The summed E-state index contributed by atoms with van der Waals surface area (Å²) in [7, 11) is 0. The average Bonchev–Trinajstić information content (AvgIpc) is 2.94. The molecule has 3 atom stereocenters. The van der Waals surface area contributed by atoms with Crippen LogP contribution in [0.4, 0.5) is 5.69 Å². The second kappa shape index (κ2) is 4.34. The highest BCUT2D eigenvalue weighted by atomic mass is 35.5. The van der Waals surface area contributed by atoms with Crippen molar-refractivity contribution in [3.63, 3.8) is 0 Å². The van der Waals surface area contributed by atoms with Crippen LogP contribution in [0.5, 0.6) is 0 Å². The molecule has 3 rings (SSSR count). The minimum Gasteiger partial charge on any atom is -0.326 e. The largest absolute Gasteiger partial charge is 0.326 e. The van der Waals surface area contributed by atoms with Crippen molar-refractivity contribution in [3.05, 3.63) is 29.3 Å². The molecule has 2 fully saturated rings. The Bertz CT molecular complexity index is 428. The van der Waals surface area contributed by atoms with Gasteiger partial charge < -0.3 is 5.32 Å². The van der Waals surface area contributed by atoms with Crippen molar-refractivity contribution < 1.29 is 4.79 Å². The van der Waals surface area contributed by atoms with E-state index in [1.807, 2.05) is 12.1 Å². The summed E-state index contributed by atoms with van der Waals surface area (Å²) in [4.78, 5) is 12.1. The molecule has 1 aromatic rings. The van der Waals surface area contributed by atoms with Gasteiger partial charge in [0.25, 0.3) is 0 Å². The Hall–Kier alpha value is -1.02. The predicted molar refractivity (Wildman–Crippen MR) is 69.0 cm³/mol. The Kier molecular flexibility index (Phi) is 2.83. The highest BCUT2D eigenvalue weighted by Gasteiger charge is 2.42. The van der Waals surface area contributed by atoms with E-state index >= 15 is 0 Å². The number of amides is 1. The summed E-state index contributed by atoms with van der Waals surface area (Å²) >= 11 is 5.81. The fourth-order valence-corrected chi connectivity index (χ4v) is 3.46. The first-order valence-corrected chi connectivity index (χ1v) is 6.66. The molecule has 1 aromatic carbocycles. The third kappa shape index (κ3) is 2.19. The highest BCUT2D eigenvalue weighted by molar-refractivity contribution is 6.30. The molecule has 0 heterocycles. The average molecular weight is 250 g/mol. The number of rotatable bonds is 2. The van der Waals surface area contributed by atoms with Gasteiger partial charge in [-0.05, 0) is 55.4 Å². The number of hydrogen-bond acceptors (Lipinski definition) is 1. The molecular formula is C14H16ClNO. The van der Waals surface area contributed by atoms with Gasteiger partial charge in [0.2, 0.25) is 5.91 Å². The standard InChI is InChI=1S/C14H16ClNO/c15-11-3-5-12(6-4-11)16-14(17)13-8-9-1-2-10(13)7-9/h3-6,9-10,13H,1-2,7-8H2,(H,16,17)/t9?,10-,13-/m1/s1. The second-order valence-corrected chi connectivity index (χ2v) is 5.71. The molecule has 2 saturated carbocycles. The summed E-state index contributed by atoms with van der Waals surface area (Å²) in [5, 5.41) is 3.70. The van der Waals surface area contributed by atoms with E-state index in [1.54, 1.807) is 12.1 Å². The first-order valence-electron chi connectivity index (χ1n) is 6.29. The summed E-state index contributed by atoms with van der Waals surface area (Å²) in [6, 6.07) is 7.32. The molecule has 2 aliphatic carbocycles. The zero-order chi connectivity index (χ0) is 11.8. The monoisotopic (exact) mass is 249 g/mol. The fraction of sp³-hybridized carbons (Fsp3) is 0.500. The van der Waals surface area contributed by atoms with Gasteiger partial charge in [0, 0.05) is 16.6 Å². The van der Waals surface area contributed by atoms with Gasteiger partial charge in [-0.15, -0.1) is 0 Å². The van der Waals surface area contributed by atoms with Crippen LogP contribution in [0.2, 0.25) is 5.02 Å². The maximum atomic E-state index is 12.1. The third-order valence-corrected chi connectivity index (χ3v) is 4.44. The molecule has 0 aliphatic heterocycles. The maximum Gasteiger partial charge on any atom is 0.227 e. The van der Waals surface area contributed by atoms with Crippen LogP contribution in [0.15, 0.2) is 24.3 Å². The summed E-state index contributed by atoms with van der Waals surface area (Å²) < 4.78 is 0. The van der Waals surface area contributed by atoms with Crippen LogP contribution >= 0.6 is 11.6 Å². The fourth-order valence-electron chi connectivity index (χ4n) is 3.33. The Morgan fingerprint density at radius 3 is 2.53 bits per heavy atom. The molecule has 0 spiro atoms. The van der Waals surface area contributed by atoms with Crippen LogP contribution in [-0.2, 0) is 4.79 Å². The van der Waals surface area contributed by atoms with Crippen LogP contribution < -0.4 is 5.32 Å². The van der Waals surface area contributed by atoms with E-state index in [0.717, 1.165) is 18.0 Å². The maximum absolute atomic E-state index is 12.1. The van der Waals surface area contributed by atoms with Crippen molar-refractivity contribution in [2.45, 2.75) is 25.7 Å². The Morgan fingerprint density at radius 2 is 1.94 bits per heavy atom. The molecule has 2 bridgehead atoms. The molecule has 2 nitrogen and oxygen atoms in total. The molecule has 0 aromatic heterocycles. The molecule has 90 valence electrons. The predicted octanol–water partition coefficient (Wildman–Crippen LogP) is 3.71. The Morgan fingerprint density at radius 1 is 1.18 bits per heavy atom. The molecule has 0 saturated heterocycles. The number of fused-ring (bicyclic) bond motifs is 2. The van der Waals surface area contributed by atoms with Crippen LogP contribution in [0.1, 0.15) is 25.7 Å². The first-order chi connectivity index (χ1) is 8.22. The van der Waals surface area contributed by atoms with E-state index in [2.05, 4.69) is 5.32 Å². The number of hydrogen-bond donors (Lipinski definition) is 1. The van der Waals surface area contributed by atoms with Crippen molar-refractivity contribution >= 4 is 23.2 Å². The van der Waals surface area contributed by atoms with Crippen molar-refractivity contribution in [2.75, 3.05) is 5.32 Å². The van der Waals surface area contributed by atoms with Crippen molar-refractivity contribution in [2.24, 2.45) is 17.8 Å². The lowest BCUT2D eigenvalue weighted by molar-refractivity contribution is -0.121. The van der Waals surface area contributed by atoms with Gasteiger partial charge in [-0.3, -0.25) is 4.79 Å². The van der Waals surface area contributed by atoms with Gasteiger partial charge >= 0.3 is 0 Å². The van der Waals surface area contributed by atoms with Crippen molar-refractivity contribution in [1.82, 2.24) is 0 Å². The van der Waals surface area contributed by atoms with Crippen molar-refractivity contribution in [3.8, 4) is 0 Å². The SMILES string of the molecule is O=C(Nc1ccc(Cl)cc1)[C@@H]1CC2CC[C@@H]1C2. The quantitative estimate of drug-likeness (QED) is 0.851. The van der Waals surface area contributed by atoms with Gasteiger partial charge in [0.1, 0.15) is 0 Å². The number of halogens is 1. The molecule has 1 unspecified atom stereocenters. The summed E-state index contributed by atoms with van der Waals surface area (Å²) in [6.07, 6.45) is 4.92. The molecule has 17 heavy (non-hydrogen) atoms. The molecule has 2 aliphatic rings. The third-order valence-electron chi connectivity index (χ3n) is 4.19. The highest BCUT2D eigenvalue weighted by Crippen LogP contribution is 2.48. The summed E-state index contributed by atoms with van der Waals surface area (Å²) in [5.41, 5.74) is 0.849. The van der Waals surface area contributed by atoms with Gasteiger partial charge in [-0.2, -0.15) is 0 Å². The Balaban J connectivity index is 1.65. The molecule has 1 amide bonds. The minimum atomic E-state index is 0.194. The summed E-state index contributed by atoms with van der Waals surface area (Å²) in [6.45, 7) is 0. The van der Waals surface area contributed by atoms with Crippen LogP contribution in [0.25, 0.3) is 0 Å². The van der Waals surface area contributed by atoms with E-state index in [4.69, 9.17) is 11.6 Å². The van der Waals surface area contributed by atoms with E-state index in [9.17, 15) is 4.79 Å². The van der Waals surface area contributed by atoms with Crippen LogP contribution in [0.3, 0.4) is 0 Å². The van der Waals surface area contributed by atoms with Gasteiger partial charge in [-0.1, -0.05) is 18.0 Å². The topological polar surface area (TPSA) is 29.1 Å². The normalized spacial score (nSPS) is 30.5. The van der Waals surface area contributed by atoms with Gasteiger partial charge in [-0.25, -0.2) is 0 Å². The number of benzene rings is 1. The molecule has 3 heteroatoms. The van der Waals surface area contributed by atoms with Crippen LogP contribution in [0, 0.1) is 17.8 Å². The number of anilines is 1. The zero-order valence-corrected chi connectivity index (χ0v) is 10.4. The minimum absolute atomic E-state index is 0.194.